The van der Waals surface area contributed by atoms with Crippen LogP contribution in [0.4, 0.5) is 0 Å². The first-order valence-corrected chi connectivity index (χ1v) is 7.31. The first kappa shape index (κ1) is 16.6. The molecule has 1 aliphatic heterocycles. The van der Waals surface area contributed by atoms with E-state index in [2.05, 4.69) is 9.98 Å². The summed E-state index contributed by atoms with van der Waals surface area (Å²) in [6, 6.07) is 1.44. The van der Waals surface area contributed by atoms with Crippen LogP contribution in [-0.2, 0) is 11.2 Å². The van der Waals surface area contributed by atoms with Crippen LogP contribution >= 0.6 is 0 Å². The van der Waals surface area contributed by atoms with Gasteiger partial charge >= 0.3 is 0 Å². The molecule has 1 amide bonds. The fraction of sp³-hybridized carbons (Fsp3) is 0.438. The minimum absolute atomic E-state index is 0.0264. The third kappa shape index (κ3) is 2.57. The van der Waals surface area contributed by atoms with Crippen LogP contribution in [0.5, 0.6) is 0 Å². The topological polar surface area (TPSA) is 109 Å². The summed E-state index contributed by atoms with van der Waals surface area (Å²) in [5.41, 5.74) is -0.613. The fourth-order valence-electron chi connectivity index (χ4n) is 2.30. The molecule has 7 heteroatoms. The quantitative estimate of drug-likeness (QED) is 0.751. The lowest BCUT2D eigenvalue weighted by Gasteiger charge is -2.22. The van der Waals surface area contributed by atoms with Gasteiger partial charge in [-0.15, -0.1) is 0 Å². The van der Waals surface area contributed by atoms with Crippen molar-refractivity contribution < 1.29 is 14.7 Å². The summed E-state index contributed by atoms with van der Waals surface area (Å²) in [5.74, 6) is -2.12. The van der Waals surface area contributed by atoms with E-state index in [0.717, 1.165) is 4.90 Å². The summed E-state index contributed by atoms with van der Waals surface area (Å²) >= 11 is 0. The van der Waals surface area contributed by atoms with Crippen LogP contribution < -0.4 is 5.11 Å². The number of carbonyl (C=O) groups excluding carboxylic acids is 2. The number of aliphatic imine (C=N–C) groups is 1. The van der Waals surface area contributed by atoms with Crippen LogP contribution in [0.1, 0.15) is 49.3 Å². The first-order valence-electron chi connectivity index (χ1n) is 7.31. The van der Waals surface area contributed by atoms with Gasteiger partial charge in [-0.25, -0.2) is 4.99 Å². The third-order valence-corrected chi connectivity index (χ3v) is 4.19. The van der Waals surface area contributed by atoms with Crippen molar-refractivity contribution in [2.75, 3.05) is 0 Å². The van der Waals surface area contributed by atoms with Crippen LogP contribution in [-0.4, -0.2) is 33.1 Å². The molecule has 0 aliphatic carbocycles. The predicted octanol–water partition coefficient (Wildman–Crippen LogP) is 0.492. The Kier molecular flexibility index (Phi) is 4.19. The van der Waals surface area contributed by atoms with Crippen molar-refractivity contribution in [3.8, 4) is 6.19 Å². The molecule has 0 saturated carbocycles. The number of aromatic nitrogens is 1. The van der Waals surface area contributed by atoms with Gasteiger partial charge in [-0.3, -0.25) is 9.78 Å². The molecule has 1 unspecified atom stereocenters. The average molecular weight is 313 g/mol. The first-order chi connectivity index (χ1) is 10.8. The molecule has 0 spiro atoms. The number of carbonyl (C=O) groups is 2. The van der Waals surface area contributed by atoms with Gasteiger partial charge in [0.1, 0.15) is 11.2 Å². The van der Waals surface area contributed by atoms with E-state index >= 15 is 0 Å². The van der Waals surface area contributed by atoms with E-state index in [1.165, 1.54) is 12.3 Å². The Hall–Kier alpha value is -2.75. The molecule has 1 aromatic rings. The second-order valence-electron chi connectivity index (χ2n) is 5.86. The van der Waals surface area contributed by atoms with Crippen LogP contribution in [0.25, 0.3) is 0 Å². The predicted molar refractivity (Wildman–Crippen MR) is 80.2 cm³/mol. The van der Waals surface area contributed by atoms with Crippen molar-refractivity contribution in [2.45, 2.75) is 39.7 Å². The Labute approximate surface area is 134 Å². The number of carboxylic acids is 1. The monoisotopic (exact) mass is 313 g/mol. The van der Waals surface area contributed by atoms with Gasteiger partial charge in [0.05, 0.1) is 5.97 Å². The average Bonchev–Trinajstić information content (AvgIpc) is 2.79. The highest BCUT2D eigenvalue weighted by molar-refractivity contribution is 6.18. The van der Waals surface area contributed by atoms with Crippen LogP contribution in [0.15, 0.2) is 17.3 Å². The zero-order valence-corrected chi connectivity index (χ0v) is 13.5. The van der Waals surface area contributed by atoms with Gasteiger partial charge < -0.3 is 9.90 Å². The number of nitrogens with zero attached hydrogens (tertiary/aromatic N) is 4. The summed E-state index contributed by atoms with van der Waals surface area (Å²) in [7, 11) is 0. The molecule has 0 N–H and O–H groups in total. The molecular weight excluding hydrogens is 296 g/mol. The molecule has 2 rings (SSSR count). The largest absolute Gasteiger partial charge is 0.545 e. The molecule has 0 bridgehead atoms. The Balaban J connectivity index is 2.67. The molecule has 0 radical (unpaired) electrons. The Morgan fingerprint density at radius 1 is 1.52 bits per heavy atom. The molecule has 120 valence electrons. The summed E-state index contributed by atoms with van der Waals surface area (Å²) in [6.45, 7) is 7.11. The van der Waals surface area contributed by atoms with Gasteiger partial charge in [-0.05, 0) is 30.9 Å². The number of amides is 1. The molecular formula is C16H17N4O3-. The van der Waals surface area contributed by atoms with Gasteiger partial charge in [0.2, 0.25) is 0 Å². The molecule has 1 atom stereocenters. The van der Waals surface area contributed by atoms with Gasteiger partial charge in [0, 0.05) is 11.8 Å². The van der Waals surface area contributed by atoms with Gasteiger partial charge in [-0.1, -0.05) is 20.8 Å². The minimum Gasteiger partial charge on any atom is -0.545 e. The fourth-order valence-corrected chi connectivity index (χ4v) is 2.30. The van der Waals surface area contributed by atoms with Crippen molar-refractivity contribution in [2.24, 2.45) is 10.9 Å². The lowest BCUT2D eigenvalue weighted by molar-refractivity contribution is -0.255. The van der Waals surface area contributed by atoms with Gasteiger partial charge in [-0.2, -0.15) is 10.2 Å². The third-order valence-electron chi connectivity index (χ3n) is 4.19. The standard InChI is InChI=1S/C16H18N4O3/c1-5-10-6-11(14(21)22)12(18-7-10)13-19-16(4,9(2)3)15(23)20(13)8-17/h6-7,9H,5H2,1-4H3,(H,21,22)/p-1. The molecule has 2 heterocycles. The number of amidine groups is 1. The number of hydrogen-bond donors (Lipinski definition) is 0. The highest BCUT2D eigenvalue weighted by Crippen LogP contribution is 2.32. The van der Waals surface area contributed by atoms with E-state index in [-0.39, 0.29) is 23.0 Å². The number of aryl methyl sites for hydroxylation is 1. The highest BCUT2D eigenvalue weighted by Gasteiger charge is 2.48. The summed E-state index contributed by atoms with van der Waals surface area (Å²) < 4.78 is 0. The van der Waals surface area contributed by atoms with Crippen LogP contribution in [0.3, 0.4) is 0 Å². The van der Waals surface area contributed by atoms with Crippen molar-refractivity contribution in [1.29, 1.82) is 5.26 Å². The minimum atomic E-state index is -1.42. The van der Waals surface area contributed by atoms with E-state index < -0.39 is 17.4 Å². The smallest absolute Gasteiger partial charge is 0.269 e. The second-order valence-corrected chi connectivity index (χ2v) is 5.86. The van der Waals surface area contributed by atoms with E-state index in [1.807, 2.05) is 20.8 Å². The molecule has 23 heavy (non-hydrogen) atoms. The van der Waals surface area contributed by atoms with Crippen molar-refractivity contribution >= 4 is 17.7 Å². The van der Waals surface area contributed by atoms with Crippen molar-refractivity contribution in [3.05, 3.63) is 29.1 Å². The summed E-state index contributed by atoms with van der Waals surface area (Å²) in [4.78, 5) is 33.2. The highest BCUT2D eigenvalue weighted by atomic mass is 16.4. The summed E-state index contributed by atoms with van der Waals surface area (Å²) in [5, 5.41) is 20.7. The van der Waals surface area contributed by atoms with E-state index in [1.54, 1.807) is 13.1 Å². The molecule has 0 saturated heterocycles. The number of pyridine rings is 1. The van der Waals surface area contributed by atoms with Gasteiger partial charge in [0.15, 0.2) is 12.0 Å². The zero-order chi connectivity index (χ0) is 17.4. The van der Waals surface area contributed by atoms with Crippen molar-refractivity contribution in [1.82, 2.24) is 9.88 Å². The molecule has 0 fully saturated rings. The Bertz CT molecular complexity index is 748. The number of aromatic carboxylic acids is 1. The molecule has 7 nitrogen and oxygen atoms in total. The zero-order valence-electron chi connectivity index (χ0n) is 13.5. The Morgan fingerprint density at radius 2 is 2.17 bits per heavy atom. The summed E-state index contributed by atoms with van der Waals surface area (Å²) in [6.07, 6.45) is 3.88. The number of hydrogen-bond acceptors (Lipinski definition) is 6. The van der Waals surface area contributed by atoms with E-state index in [0.29, 0.717) is 12.0 Å². The molecule has 1 aromatic heterocycles. The number of rotatable bonds is 4. The Morgan fingerprint density at radius 3 is 2.65 bits per heavy atom. The lowest BCUT2D eigenvalue weighted by atomic mass is 9.89. The number of nitriles is 1. The van der Waals surface area contributed by atoms with E-state index in [9.17, 15) is 20.0 Å². The second kappa shape index (κ2) is 5.80. The van der Waals surface area contributed by atoms with Crippen LogP contribution in [0, 0.1) is 17.4 Å². The van der Waals surface area contributed by atoms with Gasteiger partial charge in [0.25, 0.3) is 5.91 Å². The van der Waals surface area contributed by atoms with Crippen LogP contribution in [0.2, 0.25) is 0 Å². The normalized spacial score (nSPS) is 20.6. The number of carboxylic acid groups (broad SMARTS) is 1. The SMILES string of the molecule is CCc1cnc(C2=NC(C)(C(C)C)C(=O)N2C#N)c(C(=O)[O-])c1. The van der Waals surface area contributed by atoms with E-state index in [4.69, 9.17) is 0 Å². The molecule has 0 aromatic carbocycles. The lowest BCUT2D eigenvalue weighted by Crippen LogP contribution is -2.42. The molecule has 1 aliphatic rings. The maximum atomic E-state index is 12.5. The maximum absolute atomic E-state index is 12.5. The van der Waals surface area contributed by atoms with Crippen molar-refractivity contribution in [3.63, 3.8) is 0 Å². The maximum Gasteiger partial charge on any atom is 0.269 e.